The Balaban J connectivity index is 0.000000275. The number of fused-ring (bicyclic) bond motifs is 5. The van der Waals surface area contributed by atoms with E-state index in [9.17, 15) is 0 Å². The van der Waals surface area contributed by atoms with Crippen molar-refractivity contribution >= 4 is 28.5 Å². The van der Waals surface area contributed by atoms with Crippen molar-refractivity contribution < 1.29 is 4.74 Å². The van der Waals surface area contributed by atoms with Gasteiger partial charge in [0.05, 0.1) is 6.26 Å². The van der Waals surface area contributed by atoms with Gasteiger partial charge in [0.25, 0.3) is 0 Å². The van der Waals surface area contributed by atoms with E-state index in [1.807, 2.05) is 18.2 Å². The Labute approximate surface area is 167 Å². The van der Waals surface area contributed by atoms with E-state index in [4.69, 9.17) is 10.5 Å². The zero-order chi connectivity index (χ0) is 19.3. The molecule has 1 unspecified atom stereocenters. The molecular weight excluding hydrogens is 342 g/mol. The molecule has 0 fully saturated rings. The topological polar surface area (TPSA) is 35.2 Å². The van der Waals surface area contributed by atoms with E-state index in [0.29, 0.717) is 0 Å². The minimum absolute atomic E-state index is 0.213. The van der Waals surface area contributed by atoms with Gasteiger partial charge < -0.3 is 10.5 Å². The van der Waals surface area contributed by atoms with Gasteiger partial charge in [0.1, 0.15) is 6.61 Å². The molecule has 2 aromatic carbocycles. The Kier molecular flexibility index (Phi) is 5.78. The second-order valence-corrected chi connectivity index (χ2v) is 7.80. The van der Waals surface area contributed by atoms with Crippen molar-refractivity contribution in [2.24, 2.45) is 5.73 Å². The van der Waals surface area contributed by atoms with Crippen LogP contribution >= 0.6 is 0 Å². The first kappa shape index (κ1) is 18.8. The van der Waals surface area contributed by atoms with Crippen molar-refractivity contribution in [1.82, 2.24) is 0 Å². The van der Waals surface area contributed by atoms with Crippen LogP contribution in [0, 0.1) is 0 Å². The Morgan fingerprint density at radius 2 is 1.86 bits per heavy atom. The lowest BCUT2D eigenvalue weighted by atomic mass is 9.88. The van der Waals surface area contributed by atoms with Crippen LogP contribution in [0.2, 0.25) is 0 Å². The Morgan fingerprint density at radius 1 is 1.00 bits per heavy atom. The minimum Gasteiger partial charge on any atom is -0.497 e. The molecule has 0 aromatic heterocycles. The number of hydrogen-bond donors (Lipinski definition) is 1. The largest absolute Gasteiger partial charge is 0.497 e. The summed E-state index contributed by atoms with van der Waals surface area (Å²) in [4.78, 5) is 0. The molecule has 2 heteroatoms. The summed E-state index contributed by atoms with van der Waals surface area (Å²) >= 11 is 0. The summed E-state index contributed by atoms with van der Waals surface area (Å²) in [6.45, 7) is 2.82. The van der Waals surface area contributed by atoms with E-state index in [1.165, 1.54) is 57.2 Å². The van der Waals surface area contributed by atoms with Crippen molar-refractivity contribution in [3.8, 4) is 0 Å². The molecule has 0 spiro atoms. The van der Waals surface area contributed by atoms with Gasteiger partial charge in [-0.15, -0.1) is 0 Å². The van der Waals surface area contributed by atoms with Crippen LogP contribution in [0.3, 0.4) is 0 Å². The first-order valence-electron chi connectivity index (χ1n) is 10.4. The first-order valence-corrected chi connectivity index (χ1v) is 10.4. The summed E-state index contributed by atoms with van der Waals surface area (Å²) in [5.41, 5.74) is 10.3. The van der Waals surface area contributed by atoms with Gasteiger partial charge >= 0.3 is 0 Å². The van der Waals surface area contributed by atoms with Crippen LogP contribution in [0.15, 0.2) is 54.8 Å². The third kappa shape index (κ3) is 3.98. The molecule has 1 aliphatic heterocycles. The zero-order valence-corrected chi connectivity index (χ0v) is 16.7. The van der Waals surface area contributed by atoms with Gasteiger partial charge in [0.15, 0.2) is 0 Å². The number of aryl methyl sites for hydroxylation is 1. The Bertz CT molecular complexity index is 1060. The minimum atomic E-state index is 0.213. The van der Waals surface area contributed by atoms with Crippen molar-refractivity contribution in [3.63, 3.8) is 0 Å². The van der Waals surface area contributed by atoms with Gasteiger partial charge in [-0.1, -0.05) is 48.6 Å². The first-order chi connectivity index (χ1) is 13.7. The second-order valence-electron chi connectivity index (χ2n) is 7.80. The van der Waals surface area contributed by atoms with Crippen LogP contribution in [0.4, 0.5) is 0 Å². The number of allylic oxidation sites excluding steroid dienone is 3. The van der Waals surface area contributed by atoms with Gasteiger partial charge in [-0.25, -0.2) is 0 Å². The fourth-order valence-corrected chi connectivity index (χ4v) is 4.31. The van der Waals surface area contributed by atoms with Gasteiger partial charge in [-0.3, -0.25) is 0 Å². The third-order valence-corrected chi connectivity index (χ3v) is 5.56. The lowest BCUT2D eigenvalue weighted by Crippen LogP contribution is -2.22. The van der Waals surface area contributed by atoms with Gasteiger partial charge in [-0.05, 0) is 89.1 Å². The van der Waals surface area contributed by atoms with E-state index >= 15 is 0 Å². The molecule has 28 heavy (non-hydrogen) atoms. The molecule has 5 rings (SSSR count). The summed E-state index contributed by atoms with van der Waals surface area (Å²) in [7, 11) is 0. The molecule has 0 amide bonds. The van der Waals surface area contributed by atoms with E-state index in [1.54, 1.807) is 6.26 Å². The van der Waals surface area contributed by atoms with Crippen molar-refractivity contribution in [2.75, 3.05) is 6.61 Å². The molecule has 2 aromatic rings. The maximum atomic E-state index is 6.03. The van der Waals surface area contributed by atoms with Crippen LogP contribution in [0.25, 0.3) is 28.5 Å². The predicted molar refractivity (Wildman–Crippen MR) is 120 cm³/mol. The maximum absolute atomic E-state index is 6.03. The molecule has 0 saturated carbocycles. The molecule has 2 nitrogen and oxygen atoms in total. The molecular formula is C26H29NO. The van der Waals surface area contributed by atoms with E-state index in [2.05, 4.69) is 49.4 Å². The number of ether oxygens (including phenoxy) is 1. The number of hydrogen-bond acceptors (Lipinski definition) is 2. The Morgan fingerprint density at radius 3 is 2.57 bits per heavy atom. The standard InChI is InChI=1S/C21H23N.C5H6O/c1-14(22)13-16-6-4-8-19-18(16)11-12-20-17-7-3-2-5-15(17)9-10-21(19)20;1-2-4-6-5-3-1/h6-12,14H,2-5,13,22H2,1H3;1-4H,5H2. The summed E-state index contributed by atoms with van der Waals surface area (Å²) in [6.07, 6.45) is 20.3. The summed E-state index contributed by atoms with van der Waals surface area (Å²) in [5, 5.41) is 5.72. The average Bonchev–Trinajstić information content (AvgIpc) is 2.75. The van der Waals surface area contributed by atoms with Crippen LogP contribution in [-0.2, 0) is 11.2 Å². The lowest BCUT2D eigenvalue weighted by molar-refractivity contribution is 0.286. The number of benzene rings is 2. The lowest BCUT2D eigenvalue weighted by Gasteiger charge is -2.18. The average molecular weight is 372 g/mol. The van der Waals surface area contributed by atoms with Crippen LogP contribution in [0.5, 0.6) is 0 Å². The smallest absolute Gasteiger partial charge is 0.106 e. The van der Waals surface area contributed by atoms with E-state index in [0.717, 1.165) is 19.4 Å². The Hall–Kier alpha value is -2.58. The summed E-state index contributed by atoms with van der Waals surface area (Å²) in [5.74, 6) is 0. The van der Waals surface area contributed by atoms with E-state index < -0.39 is 0 Å². The molecule has 3 aliphatic rings. The highest BCUT2D eigenvalue weighted by atomic mass is 16.5. The monoisotopic (exact) mass is 371 g/mol. The highest BCUT2D eigenvalue weighted by Gasteiger charge is 2.13. The normalized spacial score (nSPS) is 17.7. The molecule has 1 heterocycles. The van der Waals surface area contributed by atoms with Gasteiger partial charge in [0, 0.05) is 6.04 Å². The van der Waals surface area contributed by atoms with Crippen LogP contribution in [-0.4, -0.2) is 12.6 Å². The predicted octanol–water partition coefficient (Wildman–Crippen LogP) is 4.35. The molecule has 1 atom stereocenters. The molecule has 0 bridgehead atoms. The second kappa shape index (κ2) is 8.62. The molecule has 2 aliphatic carbocycles. The highest BCUT2D eigenvalue weighted by Crippen LogP contribution is 2.23. The molecule has 0 radical (unpaired) electrons. The maximum Gasteiger partial charge on any atom is 0.106 e. The van der Waals surface area contributed by atoms with Gasteiger partial charge in [0.2, 0.25) is 0 Å². The van der Waals surface area contributed by atoms with Crippen molar-refractivity contribution in [1.29, 1.82) is 0 Å². The van der Waals surface area contributed by atoms with Crippen molar-refractivity contribution in [3.05, 3.63) is 76.4 Å². The molecule has 2 N–H and O–H groups in total. The quantitative estimate of drug-likeness (QED) is 0.852. The van der Waals surface area contributed by atoms with Crippen LogP contribution in [0.1, 0.15) is 43.7 Å². The fraction of sp³-hybridized carbons (Fsp3) is 0.308. The molecule has 0 saturated heterocycles. The zero-order valence-electron chi connectivity index (χ0n) is 16.7. The third-order valence-electron chi connectivity index (χ3n) is 5.56. The molecule has 144 valence electrons. The number of rotatable bonds is 2. The van der Waals surface area contributed by atoms with Crippen LogP contribution < -0.4 is 16.2 Å². The van der Waals surface area contributed by atoms with Gasteiger partial charge in [-0.2, -0.15) is 0 Å². The van der Waals surface area contributed by atoms with Crippen molar-refractivity contribution in [2.45, 2.75) is 45.1 Å². The highest BCUT2D eigenvalue weighted by molar-refractivity contribution is 5.90. The summed E-state index contributed by atoms with van der Waals surface area (Å²) < 4.78 is 4.80. The van der Waals surface area contributed by atoms with E-state index in [-0.39, 0.29) is 6.04 Å². The summed E-state index contributed by atoms with van der Waals surface area (Å²) in [6, 6.07) is 9.51. The fourth-order valence-electron chi connectivity index (χ4n) is 4.31. The SMILES string of the molecule is C1=CCOC=C1.CC(N)CC1=CCC=c2c1ccc1c3c(ccc21)CCCC=3. The number of nitrogens with two attached hydrogens (primary N) is 1.